The predicted octanol–water partition coefficient (Wildman–Crippen LogP) is 3.59. The first-order valence-electron chi connectivity index (χ1n) is 6.10. The summed E-state index contributed by atoms with van der Waals surface area (Å²) < 4.78 is 1.66. The highest BCUT2D eigenvalue weighted by Crippen LogP contribution is 2.29. The zero-order chi connectivity index (χ0) is 14.9. The standard InChI is InChI=1S/C13H15Cl3N4/c1-7-9(13(16)20(3)19-7)5-11(17-2)12-10(15)4-8(14)6-18-12/h4,6,11,17H,5H2,1-3H3. The van der Waals surface area contributed by atoms with Crippen molar-refractivity contribution < 1.29 is 0 Å². The van der Waals surface area contributed by atoms with Gasteiger partial charge in [0.15, 0.2) is 0 Å². The Morgan fingerprint density at radius 1 is 1.35 bits per heavy atom. The van der Waals surface area contributed by atoms with Gasteiger partial charge in [-0.2, -0.15) is 5.10 Å². The maximum atomic E-state index is 6.27. The Balaban J connectivity index is 2.33. The average molecular weight is 334 g/mol. The molecule has 0 aliphatic rings. The Bertz CT molecular complexity index is 624. The maximum Gasteiger partial charge on any atom is 0.130 e. The molecule has 2 rings (SSSR count). The van der Waals surface area contributed by atoms with Crippen LogP contribution in [0.25, 0.3) is 0 Å². The molecule has 0 saturated carbocycles. The van der Waals surface area contributed by atoms with E-state index < -0.39 is 0 Å². The maximum absolute atomic E-state index is 6.27. The van der Waals surface area contributed by atoms with Crippen LogP contribution in [0.3, 0.4) is 0 Å². The Morgan fingerprint density at radius 3 is 2.55 bits per heavy atom. The minimum atomic E-state index is -0.0554. The monoisotopic (exact) mass is 332 g/mol. The average Bonchev–Trinajstić information content (AvgIpc) is 2.62. The number of halogens is 3. The van der Waals surface area contributed by atoms with E-state index in [1.165, 1.54) is 0 Å². The minimum Gasteiger partial charge on any atom is -0.311 e. The summed E-state index contributed by atoms with van der Waals surface area (Å²) in [5, 5.41) is 9.20. The highest BCUT2D eigenvalue weighted by Gasteiger charge is 2.20. The number of nitrogens with one attached hydrogen (secondary N) is 1. The quantitative estimate of drug-likeness (QED) is 0.930. The van der Waals surface area contributed by atoms with Crippen LogP contribution in [0.5, 0.6) is 0 Å². The molecule has 0 fully saturated rings. The molecule has 0 amide bonds. The summed E-state index contributed by atoms with van der Waals surface area (Å²) in [5.41, 5.74) is 2.64. The molecule has 0 spiro atoms. The molecule has 0 bridgehead atoms. The molecule has 2 aromatic rings. The first-order valence-corrected chi connectivity index (χ1v) is 7.23. The van der Waals surface area contributed by atoms with Crippen molar-refractivity contribution >= 4 is 34.8 Å². The lowest BCUT2D eigenvalue weighted by molar-refractivity contribution is 0.575. The van der Waals surface area contributed by atoms with E-state index in [0.29, 0.717) is 21.6 Å². The van der Waals surface area contributed by atoms with Crippen LogP contribution < -0.4 is 5.32 Å². The molecule has 7 heteroatoms. The fourth-order valence-electron chi connectivity index (χ4n) is 2.13. The largest absolute Gasteiger partial charge is 0.311 e. The van der Waals surface area contributed by atoms with Gasteiger partial charge in [0.25, 0.3) is 0 Å². The normalized spacial score (nSPS) is 12.7. The van der Waals surface area contributed by atoms with Crippen molar-refractivity contribution in [2.45, 2.75) is 19.4 Å². The van der Waals surface area contributed by atoms with Crippen LogP contribution in [0, 0.1) is 6.92 Å². The SMILES string of the molecule is CNC(Cc1c(C)nn(C)c1Cl)c1ncc(Cl)cc1Cl. The molecule has 2 aromatic heterocycles. The molecule has 1 N–H and O–H groups in total. The van der Waals surface area contributed by atoms with Gasteiger partial charge in [0.2, 0.25) is 0 Å². The second-order valence-electron chi connectivity index (χ2n) is 4.54. The van der Waals surface area contributed by atoms with E-state index in [9.17, 15) is 0 Å². The Labute approximate surface area is 133 Å². The number of likely N-dealkylation sites (N-methyl/N-ethyl adjacent to an activating group) is 1. The van der Waals surface area contributed by atoms with Crippen LogP contribution in [0.1, 0.15) is 23.0 Å². The van der Waals surface area contributed by atoms with Crippen molar-refractivity contribution in [1.29, 1.82) is 0 Å². The van der Waals surface area contributed by atoms with Crippen LogP contribution in [-0.2, 0) is 13.5 Å². The molecule has 4 nitrogen and oxygen atoms in total. The van der Waals surface area contributed by atoms with Gasteiger partial charge in [-0.25, -0.2) is 0 Å². The van der Waals surface area contributed by atoms with Gasteiger partial charge in [0, 0.05) is 18.8 Å². The van der Waals surface area contributed by atoms with Crippen LogP contribution >= 0.6 is 34.8 Å². The molecule has 0 aliphatic carbocycles. The van der Waals surface area contributed by atoms with E-state index in [-0.39, 0.29) is 6.04 Å². The van der Waals surface area contributed by atoms with E-state index in [4.69, 9.17) is 34.8 Å². The second-order valence-corrected chi connectivity index (χ2v) is 5.75. The molecule has 0 aromatic carbocycles. The van der Waals surface area contributed by atoms with Gasteiger partial charge in [-0.05, 0) is 26.5 Å². The van der Waals surface area contributed by atoms with Gasteiger partial charge in [-0.1, -0.05) is 34.8 Å². The Hall–Kier alpha value is -0.810. The lowest BCUT2D eigenvalue weighted by Crippen LogP contribution is -2.20. The van der Waals surface area contributed by atoms with Crippen molar-refractivity contribution in [1.82, 2.24) is 20.1 Å². The number of nitrogens with zero attached hydrogens (tertiary/aromatic N) is 3. The summed E-state index contributed by atoms with van der Waals surface area (Å²) in [6.07, 6.45) is 2.24. The Morgan fingerprint density at radius 2 is 2.05 bits per heavy atom. The van der Waals surface area contributed by atoms with Crippen LogP contribution in [-0.4, -0.2) is 21.8 Å². The van der Waals surface area contributed by atoms with E-state index in [1.807, 2.05) is 21.0 Å². The molecular formula is C13H15Cl3N4. The summed E-state index contributed by atoms with van der Waals surface area (Å²) in [7, 11) is 3.68. The summed E-state index contributed by atoms with van der Waals surface area (Å²) >= 11 is 18.4. The van der Waals surface area contributed by atoms with Crippen LogP contribution in [0.4, 0.5) is 0 Å². The topological polar surface area (TPSA) is 42.7 Å². The van der Waals surface area contributed by atoms with Gasteiger partial charge in [-0.3, -0.25) is 9.67 Å². The Kier molecular flexibility index (Phi) is 4.91. The number of pyridine rings is 1. The van der Waals surface area contributed by atoms with E-state index >= 15 is 0 Å². The number of aromatic nitrogens is 3. The lowest BCUT2D eigenvalue weighted by Gasteiger charge is -2.17. The number of rotatable bonds is 4. The fraction of sp³-hybridized carbons (Fsp3) is 0.385. The molecule has 108 valence electrons. The third-order valence-corrected chi connectivity index (χ3v) is 4.18. The van der Waals surface area contributed by atoms with Crippen molar-refractivity contribution in [3.05, 3.63) is 44.4 Å². The summed E-state index contributed by atoms with van der Waals surface area (Å²) in [4.78, 5) is 4.31. The van der Waals surface area contributed by atoms with Gasteiger partial charge < -0.3 is 5.32 Å². The van der Waals surface area contributed by atoms with Gasteiger partial charge in [0.1, 0.15) is 5.15 Å². The highest BCUT2D eigenvalue weighted by atomic mass is 35.5. The summed E-state index contributed by atoms with van der Waals surface area (Å²) in [6, 6.07) is 1.63. The van der Waals surface area contributed by atoms with E-state index in [2.05, 4.69) is 15.4 Å². The summed E-state index contributed by atoms with van der Waals surface area (Å²) in [6.45, 7) is 1.94. The third-order valence-electron chi connectivity index (χ3n) is 3.19. The molecule has 1 atom stereocenters. The smallest absolute Gasteiger partial charge is 0.130 e. The number of hydrogen-bond donors (Lipinski definition) is 1. The molecule has 2 heterocycles. The molecule has 0 saturated heterocycles. The zero-order valence-corrected chi connectivity index (χ0v) is 13.7. The van der Waals surface area contributed by atoms with E-state index in [1.54, 1.807) is 16.9 Å². The second kappa shape index (κ2) is 6.31. The van der Waals surface area contributed by atoms with Crippen molar-refractivity contribution in [3.63, 3.8) is 0 Å². The first kappa shape index (κ1) is 15.6. The molecule has 0 radical (unpaired) electrons. The van der Waals surface area contributed by atoms with Gasteiger partial charge >= 0.3 is 0 Å². The molecular weight excluding hydrogens is 319 g/mol. The first-order chi connectivity index (χ1) is 9.43. The molecule has 1 unspecified atom stereocenters. The predicted molar refractivity (Wildman–Crippen MR) is 82.7 cm³/mol. The number of aryl methyl sites for hydroxylation is 2. The van der Waals surface area contributed by atoms with Gasteiger partial charge in [0.05, 0.1) is 27.5 Å². The van der Waals surface area contributed by atoms with Crippen molar-refractivity contribution in [3.8, 4) is 0 Å². The fourth-order valence-corrected chi connectivity index (χ4v) is 2.89. The highest BCUT2D eigenvalue weighted by molar-refractivity contribution is 6.34. The minimum absolute atomic E-state index is 0.0554. The molecule has 20 heavy (non-hydrogen) atoms. The van der Waals surface area contributed by atoms with Crippen LogP contribution in [0.15, 0.2) is 12.3 Å². The lowest BCUT2D eigenvalue weighted by atomic mass is 10.0. The van der Waals surface area contributed by atoms with Gasteiger partial charge in [-0.15, -0.1) is 0 Å². The van der Waals surface area contributed by atoms with Crippen molar-refractivity contribution in [2.24, 2.45) is 7.05 Å². The number of hydrogen-bond acceptors (Lipinski definition) is 3. The summed E-state index contributed by atoms with van der Waals surface area (Å²) in [5.74, 6) is 0. The van der Waals surface area contributed by atoms with E-state index in [0.717, 1.165) is 17.0 Å². The molecule has 0 aliphatic heterocycles. The zero-order valence-electron chi connectivity index (χ0n) is 11.4. The third kappa shape index (κ3) is 3.09. The van der Waals surface area contributed by atoms with Crippen molar-refractivity contribution in [2.75, 3.05) is 7.05 Å². The van der Waals surface area contributed by atoms with Crippen LogP contribution in [0.2, 0.25) is 15.2 Å².